The Morgan fingerprint density at radius 1 is 1.19 bits per heavy atom. The zero-order valence-corrected chi connectivity index (χ0v) is 11.2. The number of hydrogen-bond acceptors (Lipinski definition) is 2. The normalized spacial score (nSPS) is 20.0. The molecule has 1 heterocycles. The molecule has 1 aliphatic rings. The lowest BCUT2D eigenvalue weighted by atomic mass is 10.2. The highest BCUT2D eigenvalue weighted by Gasteiger charge is 2.25. The van der Waals surface area contributed by atoms with Crippen LogP contribution in [0.3, 0.4) is 0 Å². The quantitative estimate of drug-likeness (QED) is 0.436. The van der Waals surface area contributed by atoms with Gasteiger partial charge in [-0.3, -0.25) is 5.41 Å². The third-order valence-corrected chi connectivity index (χ3v) is 2.64. The Labute approximate surface area is 109 Å². The van der Waals surface area contributed by atoms with E-state index in [0.717, 1.165) is 0 Å². The number of allylic oxidation sites excluding steroid dienone is 2. The van der Waals surface area contributed by atoms with Crippen molar-refractivity contribution in [1.82, 2.24) is 0 Å². The van der Waals surface area contributed by atoms with E-state index in [1.165, 1.54) is 0 Å². The summed E-state index contributed by atoms with van der Waals surface area (Å²) in [6.07, 6.45) is 0. The molecule has 0 saturated heterocycles. The van der Waals surface area contributed by atoms with Crippen LogP contribution in [-0.2, 0) is 0 Å². The fourth-order valence-corrected chi connectivity index (χ4v) is 1.62. The van der Waals surface area contributed by atoms with Gasteiger partial charge < -0.3 is 0 Å². The lowest BCUT2D eigenvalue weighted by molar-refractivity contribution is -0.877. The molecule has 0 atom stereocenters. The fraction of sp³-hybridized carbons (Fsp3) is 0.333. The number of amidine groups is 1. The van der Waals surface area contributed by atoms with E-state index in [1.807, 2.05) is 21.1 Å². The summed E-state index contributed by atoms with van der Waals surface area (Å²) < 4.78 is 0.285. The molecule has 0 aromatic heterocycles. The van der Waals surface area contributed by atoms with Crippen LogP contribution in [0.4, 0.5) is 0 Å². The van der Waals surface area contributed by atoms with E-state index < -0.39 is 0 Å². The Hall–Kier alpha value is -0.640. The van der Waals surface area contributed by atoms with Gasteiger partial charge in [-0.25, -0.2) is 9.58 Å². The Morgan fingerprint density at radius 3 is 2.19 bits per heavy atom. The van der Waals surface area contributed by atoms with Crippen LogP contribution in [0.1, 0.15) is 0 Å². The van der Waals surface area contributed by atoms with Gasteiger partial charge in [0.25, 0.3) is 0 Å². The van der Waals surface area contributed by atoms with E-state index in [1.54, 1.807) is 0 Å². The van der Waals surface area contributed by atoms with Gasteiger partial charge in [0.15, 0.2) is 0 Å². The first-order chi connectivity index (χ1) is 7.26. The molecular formula is C9H10Cl3N4+. The van der Waals surface area contributed by atoms with Gasteiger partial charge in [-0.05, 0) is 5.87 Å². The minimum absolute atomic E-state index is 0.0663. The Bertz CT molecular complexity index is 462. The van der Waals surface area contributed by atoms with E-state index in [-0.39, 0.29) is 31.2 Å². The number of nitrogens with one attached hydrogen (secondary N) is 1. The van der Waals surface area contributed by atoms with Gasteiger partial charge in [0.05, 0.1) is 31.7 Å². The van der Waals surface area contributed by atoms with Gasteiger partial charge in [-0.1, -0.05) is 39.9 Å². The first-order valence-corrected chi connectivity index (χ1v) is 5.41. The number of nitrogens with zero attached hydrogens (tertiary/aromatic N) is 3. The second-order valence-electron chi connectivity index (χ2n) is 3.90. The summed E-state index contributed by atoms with van der Waals surface area (Å²) >= 11 is 17.7. The lowest BCUT2D eigenvalue weighted by Crippen LogP contribution is -2.29. The summed E-state index contributed by atoms with van der Waals surface area (Å²) in [6.45, 7) is 0. The summed E-state index contributed by atoms with van der Waals surface area (Å²) in [7, 11) is 5.53. The second-order valence-corrected chi connectivity index (χ2v) is 5.01. The molecule has 0 fully saturated rings. The van der Waals surface area contributed by atoms with Crippen molar-refractivity contribution in [3.63, 3.8) is 0 Å². The Balaban J connectivity index is 3.35. The number of rotatable bonds is 1. The Morgan fingerprint density at radius 2 is 1.75 bits per heavy atom. The third kappa shape index (κ3) is 2.94. The average molecular weight is 281 g/mol. The van der Waals surface area contributed by atoms with Gasteiger partial charge in [-0.2, -0.15) is 0 Å². The average Bonchev–Trinajstić information content (AvgIpc) is 2.12. The van der Waals surface area contributed by atoms with Crippen LogP contribution in [0, 0.1) is 5.41 Å². The molecule has 0 saturated carbocycles. The van der Waals surface area contributed by atoms with Crippen molar-refractivity contribution in [3.8, 4) is 0 Å². The Kier molecular flexibility index (Phi) is 3.94. The number of dihydropyridines is 1. The van der Waals surface area contributed by atoms with Gasteiger partial charge in [0, 0.05) is 0 Å². The van der Waals surface area contributed by atoms with Gasteiger partial charge in [0.1, 0.15) is 10.2 Å². The van der Waals surface area contributed by atoms with Gasteiger partial charge in [0.2, 0.25) is 5.84 Å². The maximum Gasteiger partial charge on any atom is 0.229 e. The molecule has 1 rings (SSSR count). The van der Waals surface area contributed by atoms with Crippen LogP contribution in [0.25, 0.3) is 0 Å². The van der Waals surface area contributed by atoms with E-state index in [4.69, 9.17) is 40.2 Å². The summed E-state index contributed by atoms with van der Waals surface area (Å²) in [5.74, 6) is 2.34. The molecule has 0 spiro atoms. The first-order valence-electron chi connectivity index (χ1n) is 4.28. The van der Waals surface area contributed by atoms with Crippen molar-refractivity contribution in [3.05, 3.63) is 15.6 Å². The van der Waals surface area contributed by atoms with Crippen LogP contribution in [0.15, 0.2) is 25.7 Å². The van der Waals surface area contributed by atoms with Crippen LogP contribution in [0.2, 0.25) is 0 Å². The monoisotopic (exact) mass is 279 g/mol. The predicted molar refractivity (Wildman–Crippen MR) is 68.7 cm³/mol. The zero-order chi connectivity index (χ0) is 12.5. The highest BCUT2D eigenvalue weighted by atomic mass is 35.5. The first kappa shape index (κ1) is 13.4. The van der Waals surface area contributed by atoms with Crippen molar-refractivity contribution < 1.29 is 4.59 Å². The molecule has 0 aromatic rings. The molecule has 0 bridgehead atoms. The van der Waals surface area contributed by atoms with Crippen molar-refractivity contribution in [1.29, 1.82) is 5.41 Å². The maximum atomic E-state index is 7.02. The minimum atomic E-state index is 0.0663. The third-order valence-electron chi connectivity index (χ3n) is 1.54. The van der Waals surface area contributed by atoms with E-state index >= 15 is 0 Å². The molecule has 0 aliphatic carbocycles. The van der Waals surface area contributed by atoms with E-state index in [2.05, 4.69) is 16.0 Å². The van der Waals surface area contributed by atoms with Crippen molar-refractivity contribution in [2.24, 2.45) is 10.1 Å². The van der Waals surface area contributed by atoms with Crippen LogP contribution in [0.5, 0.6) is 0 Å². The fourth-order valence-electron chi connectivity index (χ4n) is 0.953. The highest BCUT2D eigenvalue weighted by molar-refractivity contribution is 6.74. The number of quaternary nitrogens is 1. The molecule has 16 heavy (non-hydrogen) atoms. The molecule has 0 radical (unpaired) electrons. The van der Waals surface area contributed by atoms with Gasteiger partial charge in [-0.15, -0.1) is 0 Å². The number of halogens is 3. The molecule has 1 N–H and O–H groups in total. The summed E-state index contributed by atoms with van der Waals surface area (Å²) in [6, 6.07) is 0. The van der Waals surface area contributed by atoms with Crippen LogP contribution < -0.4 is 0 Å². The second kappa shape index (κ2) is 4.70. The van der Waals surface area contributed by atoms with Crippen molar-refractivity contribution >= 4 is 51.7 Å². The minimum Gasteiger partial charge on any atom is -0.258 e. The highest BCUT2D eigenvalue weighted by Crippen LogP contribution is 2.29. The van der Waals surface area contributed by atoms with E-state index in [9.17, 15) is 0 Å². The van der Waals surface area contributed by atoms with Crippen LogP contribution in [-0.4, -0.2) is 42.6 Å². The lowest BCUT2D eigenvalue weighted by Gasteiger charge is -2.18. The molecule has 7 heteroatoms. The SMILES string of the molecule is C[N+](C)(C)N=C1N=C(Cl)C(=C=N)C(Cl)=C1Cl. The van der Waals surface area contributed by atoms with Gasteiger partial charge >= 0.3 is 0 Å². The summed E-state index contributed by atoms with van der Waals surface area (Å²) in [5.41, 5.74) is 0.175. The van der Waals surface area contributed by atoms with Crippen molar-refractivity contribution in [2.45, 2.75) is 0 Å². The largest absolute Gasteiger partial charge is 0.258 e. The molecule has 0 unspecified atom stereocenters. The molecular weight excluding hydrogens is 270 g/mol. The predicted octanol–water partition coefficient (Wildman–Crippen LogP) is 2.52. The van der Waals surface area contributed by atoms with Crippen LogP contribution >= 0.6 is 34.8 Å². The molecule has 0 aromatic carbocycles. The molecule has 86 valence electrons. The molecule has 4 nitrogen and oxygen atoms in total. The smallest absolute Gasteiger partial charge is 0.229 e. The maximum absolute atomic E-state index is 7.02. The summed E-state index contributed by atoms with van der Waals surface area (Å²) in [5, 5.41) is 11.6. The molecule has 0 amide bonds. The topological polar surface area (TPSA) is 48.6 Å². The van der Waals surface area contributed by atoms with Crippen molar-refractivity contribution in [2.75, 3.05) is 21.1 Å². The zero-order valence-electron chi connectivity index (χ0n) is 8.98. The standard InChI is InChI=1S/C9H10Cl3N4/c1-16(2,3)15-9-7(11)6(10)5(4-13)8(12)14-9/h13H,1-3H3/q+1. The number of aliphatic imine (C=N–C) groups is 1. The number of hydrogen-bond donors (Lipinski definition) is 1. The summed E-state index contributed by atoms with van der Waals surface area (Å²) in [4.78, 5) is 3.97. The van der Waals surface area contributed by atoms with E-state index in [0.29, 0.717) is 0 Å². The molecule has 1 aliphatic heterocycles.